The van der Waals surface area contributed by atoms with Crippen LogP contribution in [-0.4, -0.2) is 0 Å². The van der Waals surface area contributed by atoms with Gasteiger partial charge in [-0.1, -0.05) is 218 Å². The molecule has 0 aliphatic rings. The van der Waals surface area contributed by atoms with Crippen molar-refractivity contribution >= 4 is 92.9 Å². The lowest BCUT2D eigenvalue weighted by molar-refractivity contribution is 0.670. The minimum atomic E-state index is 0.841. The van der Waals surface area contributed by atoms with Gasteiger partial charge in [0.2, 0.25) is 0 Å². The van der Waals surface area contributed by atoms with Crippen LogP contribution in [-0.2, 0) is 0 Å². The zero-order chi connectivity index (χ0) is 50.1. The van der Waals surface area contributed by atoms with Crippen LogP contribution in [0.15, 0.2) is 290 Å². The smallest absolute Gasteiger partial charge is 0.159 e. The maximum absolute atomic E-state index is 7.25. The summed E-state index contributed by atoms with van der Waals surface area (Å²) in [5, 5.41) is 14.5. The molecule has 0 aliphatic heterocycles. The average Bonchev–Trinajstić information content (AvgIpc) is 3.96. The topological polar surface area (TPSA) is 16.4 Å². The highest BCUT2D eigenvalue weighted by Gasteiger charge is 2.23. The highest BCUT2D eigenvalue weighted by Crippen LogP contribution is 2.47. The van der Waals surface area contributed by atoms with Gasteiger partial charge in [-0.25, -0.2) is 0 Å². The first-order chi connectivity index (χ1) is 37.6. The Bertz CT molecular complexity index is 4740. The largest absolute Gasteiger partial charge is 0.453 e. The lowest BCUT2D eigenvalue weighted by Gasteiger charge is -2.26. The van der Waals surface area contributed by atoms with Gasteiger partial charge in [0, 0.05) is 27.7 Å². The molecule has 1 aromatic heterocycles. The Kier molecular flexibility index (Phi) is 10.2. The van der Waals surface area contributed by atoms with Crippen LogP contribution in [0.1, 0.15) is 0 Å². The lowest BCUT2D eigenvalue weighted by atomic mass is 9.94. The number of furan rings is 1. The van der Waals surface area contributed by atoms with Crippen LogP contribution in [0.4, 0.5) is 17.1 Å². The first-order valence-electron chi connectivity index (χ1n) is 26.1. The maximum Gasteiger partial charge on any atom is 0.159 e. The van der Waals surface area contributed by atoms with Crippen molar-refractivity contribution in [2.75, 3.05) is 4.90 Å². The Morgan fingerprint density at radius 2 is 0.658 bits per heavy atom. The van der Waals surface area contributed by atoms with E-state index in [-0.39, 0.29) is 0 Å². The van der Waals surface area contributed by atoms with Crippen molar-refractivity contribution in [1.82, 2.24) is 0 Å². The fourth-order valence-electron chi connectivity index (χ4n) is 11.7. The first kappa shape index (κ1) is 43.6. The zero-order valence-corrected chi connectivity index (χ0v) is 41.5. The van der Waals surface area contributed by atoms with Crippen LogP contribution >= 0.6 is 0 Å². The highest BCUT2D eigenvalue weighted by molar-refractivity contribution is 6.24. The van der Waals surface area contributed by atoms with Crippen LogP contribution in [0, 0.1) is 0 Å². The summed E-state index contributed by atoms with van der Waals surface area (Å²) in [4.78, 5) is 2.35. The molecule has 0 saturated heterocycles. The second-order valence-electron chi connectivity index (χ2n) is 20.0. The number of rotatable bonds is 8. The van der Waals surface area contributed by atoms with E-state index in [1.54, 1.807) is 0 Å². The quantitative estimate of drug-likeness (QED) is 0.151. The minimum Gasteiger partial charge on any atom is -0.453 e. The van der Waals surface area contributed by atoms with Gasteiger partial charge in [-0.15, -0.1) is 0 Å². The third-order valence-corrected chi connectivity index (χ3v) is 15.6. The van der Waals surface area contributed by atoms with E-state index in [1.165, 1.54) is 87.2 Å². The van der Waals surface area contributed by atoms with E-state index in [9.17, 15) is 0 Å². The number of fused-ring (bicyclic) bond motifs is 9. The minimum absolute atomic E-state index is 0.841. The molecule has 76 heavy (non-hydrogen) atoms. The Hall–Kier alpha value is -10.0. The van der Waals surface area contributed by atoms with E-state index in [2.05, 4.69) is 290 Å². The molecule has 2 heteroatoms. The van der Waals surface area contributed by atoms with E-state index in [1.807, 2.05) is 0 Å². The second-order valence-corrected chi connectivity index (χ2v) is 20.0. The van der Waals surface area contributed by atoms with Gasteiger partial charge >= 0.3 is 0 Å². The number of anilines is 3. The van der Waals surface area contributed by atoms with E-state index < -0.39 is 0 Å². The van der Waals surface area contributed by atoms with Gasteiger partial charge < -0.3 is 9.32 Å². The summed E-state index contributed by atoms with van der Waals surface area (Å²) in [6.45, 7) is 0. The molecule has 354 valence electrons. The molecule has 0 atom stereocenters. The number of para-hydroxylation sites is 1. The molecule has 0 N–H and O–H groups in total. The van der Waals surface area contributed by atoms with Gasteiger partial charge in [-0.05, 0) is 171 Å². The molecule has 0 aliphatic carbocycles. The molecule has 1 heterocycles. The van der Waals surface area contributed by atoms with E-state index in [0.717, 1.165) is 61.3 Å². The van der Waals surface area contributed by atoms with Crippen molar-refractivity contribution in [3.05, 3.63) is 285 Å². The maximum atomic E-state index is 7.25. The summed E-state index contributed by atoms with van der Waals surface area (Å²) >= 11 is 0. The van der Waals surface area contributed by atoms with Crippen molar-refractivity contribution in [3.8, 4) is 55.6 Å². The van der Waals surface area contributed by atoms with Crippen LogP contribution in [0.2, 0.25) is 0 Å². The van der Waals surface area contributed by atoms with Crippen LogP contribution in [0.3, 0.4) is 0 Å². The van der Waals surface area contributed by atoms with Crippen molar-refractivity contribution < 1.29 is 4.42 Å². The van der Waals surface area contributed by atoms with Crippen molar-refractivity contribution in [3.63, 3.8) is 0 Å². The standard InChI is InChI=1S/C74H47NO/c1-2-14-52(15-3-1)70-47-62-18-8-9-20-68(62)72-69-22-11-23-71(73(69)76-74(70)72)75(64-37-32-50(33-38-64)55-27-28-59-44-60(30-29-58(59)43-55)57-26-24-48-12-4-6-16-53(48)42-57)65-39-34-51(35-40-65)56-36-41-67-61(46-56)19-10-21-66(67)63-31-25-49-13-5-7-17-54(49)45-63/h1-47H. The molecule has 0 fully saturated rings. The molecule has 0 amide bonds. The summed E-state index contributed by atoms with van der Waals surface area (Å²) in [7, 11) is 0. The van der Waals surface area contributed by atoms with Crippen molar-refractivity contribution in [2.24, 2.45) is 0 Å². The van der Waals surface area contributed by atoms with Crippen LogP contribution in [0.25, 0.3) is 131 Å². The summed E-state index contributed by atoms with van der Waals surface area (Å²) in [6, 6.07) is 104. The van der Waals surface area contributed by atoms with Gasteiger partial charge in [0.1, 0.15) is 5.58 Å². The number of hydrogen-bond donors (Lipinski definition) is 0. The van der Waals surface area contributed by atoms with E-state index in [4.69, 9.17) is 4.42 Å². The average molecular weight is 966 g/mol. The highest BCUT2D eigenvalue weighted by atomic mass is 16.3. The molecule has 15 aromatic rings. The fraction of sp³-hybridized carbons (Fsp3) is 0. The van der Waals surface area contributed by atoms with Gasteiger partial charge in [0.05, 0.1) is 5.69 Å². The Morgan fingerprint density at radius 3 is 1.30 bits per heavy atom. The molecule has 0 radical (unpaired) electrons. The fourth-order valence-corrected chi connectivity index (χ4v) is 11.7. The van der Waals surface area contributed by atoms with Gasteiger partial charge in [0.25, 0.3) is 0 Å². The van der Waals surface area contributed by atoms with Gasteiger partial charge in [0.15, 0.2) is 5.58 Å². The van der Waals surface area contributed by atoms with Gasteiger partial charge in [-0.2, -0.15) is 0 Å². The number of nitrogens with zero attached hydrogens (tertiary/aromatic N) is 1. The van der Waals surface area contributed by atoms with Crippen molar-refractivity contribution in [2.45, 2.75) is 0 Å². The summed E-state index contributed by atoms with van der Waals surface area (Å²) in [6.07, 6.45) is 0. The molecule has 15 rings (SSSR count). The summed E-state index contributed by atoms with van der Waals surface area (Å²) in [5.41, 5.74) is 16.5. The van der Waals surface area contributed by atoms with E-state index in [0.29, 0.717) is 0 Å². The third kappa shape index (κ3) is 7.50. The third-order valence-electron chi connectivity index (χ3n) is 15.6. The van der Waals surface area contributed by atoms with Crippen LogP contribution in [0.5, 0.6) is 0 Å². The molecule has 0 spiro atoms. The predicted octanol–water partition coefficient (Wildman–Crippen LogP) is 21.2. The van der Waals surface area contributed by atoms with E-state index >= 15 is 0 Å². The number of hydrogen-bond acceptors (Lipinski definition) is 2. The summed E-state index contributed by atoms with van der Waals surface area (Å²) in [5.74, 6) is 0. The zero-order valence-electron chi connectivity index (χ0n) is 41.5. The SMILES string of the molecule is c1ccc(-c2cc3ccccc3c3c2oc2c(N(c4ccc(-c5ccc6cc(-c7ccc8ccccc8c7)ccc6c5)cc4)c4ccc(-c5ccc6c(-c7ccc8ccccc8c7)cccc6c5)cc4)cccc23)cc1. The first-order valence-corrected chi connectivity index (χ1v) is 26.1. The molecular weight excluding hydrogens is 919 g/mol. The Balaban J connectivity index is 0.829. The van der Waals surface area contributed by atoms with Gasteiger partial charge in [-0.3, -0.25) is 0 Å². The Morgan fingerprint density at radius 1 is 0.224 bits per heavy atom. The molecular formula is C74H47NO. The number of benzene rings is 14. The lowest BCUT2D eigenvalue weighted by Crippen LogP contribution is -2.10. The monoisotopic (exact) mass is 965 g/mol. The molecule has 2 nitrogen and oxygen atoms in total. The molecule has 0 bridgehead atoms. The molecule has 14 aromatic carbocycles. The van der Waals surface area contributed by atoms with Crippen LogP contribution < -0.4 is 4.90 Å². The Labute approximate surface area is 440 Å². The molecule has 0 saturated carbocycles. The second kappa shape index (κ2) is 17.9. The molecule has 0 unspecified atom stereocenters. The predicted molar refractivity (Wildman–Crippen MR) is 323 cm³/mol. The summed E-state index contributed by atoms with van der Waals surface area (Å²) < 4.78 is 7.25. The van der Waals surface area contributed by atoms with Crippen molar-refractivity contribution in [1.29, 1.82) is 0 Å². The normalized spacial score (nSPS) is 11.7.